The Hall–Kier alpha value is -2.32. The van der Waals surface area contributed by atoms with Gasteiger partial charge in [-0.3, -0.25) is 24.5 Å². The van der Waals surface area contributed by atoms with Gasteiger partial charge in [-0.05, 0) is 61.2 Å². The molecule has 1 aromatic rings. The Labute approximate surface area is 176 Å². The smallest absolute Gasteiger partial charge is 0.314 e. The summed E-state index contributed by atoms with van der Waals surface area (Å²) in [6, 6.07) is 4.86. The van der Waals surface area contributed by atoms with Gasteiger partial charge in [-0.25, -0.2) is 0 Å². The maximum Gasteiger partial charge on any atom is 0.314 e. The number of imide groups is 1. The van der Waals surface area contributed by atoms with Crippen LogP contribution in [0.4, 0.5) is 4.79 Å². The Morgan fingerprint density at radius 3 is 2.21 bits per heavy atom. The molecule has 4 rings (SSSR count). The van der Waals surface area contributed by atoms with Crippen molar-refractivity contribution >= 4 is 52.5 Å². The summed E-state index contributed by atoms with van der Waals surface area (Å²) in [7, 11) is 0. The summed E-state index contributed by atoms with van der Waals surface area (Å²) < 4.78 is 5.28. The van der Waals surface area contributed by atoms with Gasteiger partial charge in [0.1, 0.15) is 5.75 Å². The molecule has 7 nitrogen and oxygen atoms in total. The minimum absolute atomic E-state index is 0.000000000000000444. The highest BCUT2D eigenvalue weighted by molar-refractivity contribution is 8.18. The Bertz CT molecular complexity index is 876. The molecule has 0 aromatic heterocycles. The van der Waals surface area contributed by atoms with Crippen molar-refractivity contribution in [3.05, 3.63) is 33.7 Å². The fourth-order valence-electron chi connectivity index (χ4n) is 2.75. The number of ether oxygens (including phenoxy) is 1. The molecular weight excluding hydrogens is 418 g/mol. The fraction of sp³-hybridized carbons (Fsp3) is 0.400. The summed E-state index contributed by atoms with van der Waals surface area (Å²) in [5.74, 6) is -1.02. The van der Waals surface area contributed by atoms with E-state index in [9.17, 15) is 19.2 Å². The zero-order valence-electron chi connectivity index (χ0n) is 15.5. The van der Waals surface area contributed by atoms with Crippen molar-refractivity contribution in [3.8, 4) is 5.75 Å². The number of esters is 1. The minimum Gasteiger partial charge on any atom is -0.481 e. The summed E-state index contributed by atoms with van der Waals surface area (Å²) in [5, 5.41) is 10.3. The quantitative estimate of drug-likeness (QED) is 0.411. The van der Waals surface area contributed by atoms with Crippen LogP contribution < -0.4 is 10.1 Å². The van der Waals surface area contributed by atoms with E-state index in [-0.39, 0.29) is 22.8 Å². The number of rotatable bonds is 4. The van der Waals surface area contributed by atoms with Crippen LogP contribution in [0.25, 0.3) is 6.08 Å². The topological polar surface area (TPSA) is 110 Å². The number of amides is 2. The molecule has 2 saturated carbocycles. The van der Waals surface area contributed by atoms with E-state index in [1.165, 1.54) is 0 Å². The first-order valence-corrected chi connectivity index (χ1v) is 10.5. The van der Waals surface area contributed by atoms with Gasteiger partial charge in [0.15, 0.2) is 0 Å². The van der Waals surface area contributed by atoms with Crippen LogP contribution in [0.2, 0.25) is 5.02 Å². The third-order valence-electron chi connectivity index (χ3n) is 5.00. The predicted molar refractivity (Wildman–Crippen MR) is 109 cm³/mol. The minimum atomic E-state index is -0.619. The molecule has 2 aliphatic carbocycles. The van der Waals surface area contributed by atoms with E-state index in [4.69, 9.17) is 21.4 Å². The van der Waals surface area contributed by atoms with E-state index < -0.39 is 17.1 Å². The van der Waals surface area contributed by atoms with Crippen LogP contribution in [0.1, 0.15) is 44.1 Å². The molecule has 154 valence electrons. The second-order valence-electron chi connectivity index (χ2n) is 7.06. The van der Waals surface area contributed by atoms with Crippen LogP contribution in [0, 0.1) is 11.8 Å². The number of aliphatic carboxylic acids is 1. The largest absolute Gasteiger partial charge is 0.481 e. The summed E-state index contributed by atoms with van der Waals surface area (Å²) in [6.07, 6.45) is 7.25. The van der Waals surface area contributed by atoms with E-state index in [0.29, 0.717) is 16.2 Å². The van der Waals surface area contributed by atoms with Gasteiger partial charge >= 0.3 is 11.9 Å². The number of halogens is 1. The molecule has 1 aromatic carbocycles. The summed E-state index contributed by atoms with van der Waals surface area (Å²) in [4.78, 5) is 44.7. The molecule has 29 heavy (non-hydrogen) atoms. The van der Waals surface area contributed by atoms with Crippen LogP contribution in [0.5, 0.6) is 5.75 Å². The molecule has 3 aliphatic rings. The standard InChI is InChI=1S/C15H12ClNO4S.C5H8O2/c16-10-6-8(7-12-13(18)17-15(20)22-12)4-5-11(10)21-14(19)9-2-1-3-9;6-5(7)4-2-1-3-4/h4-7,9H,1-3H2,(H,17,18,20);4H,1-3H2,(H,6,7)/b12-7-;. The lowest BCUT2D eigenvalue weighted by atomic mass is 9.86. The SMILES string of the molecule is O=C(O)C1CCC1.O=C1NC(=O)/C(=C/c2ccc(OC(=O)C3CCC3)c(Cl)c2)S1. The lowest BCUT2D eigenvalue weighted by Crippen LogP contribution is -2.26. The van der Waals surface area contributed by atoms with Gasteiger partial charge in [-0.1, -0.05) is 30.5 Å². The van der Waals surface area contributed by atoms with Gasteiger partial charge in [-0.2, -0.15) is 0 Å². The zero-order chi connectivity index (χ0) is 21.0. The van der Waals surface area contributed by atoms with Crippen LogP contribution in [0.15, 0.2) is 23.1 Å². The average Bonchev–Trinajstić information content (AvgIpc) is 2.84. The van der Waals surface area contributed by atoms with Gasteiger partial charge in [-0.15, -0.1) is 0 Å². The summed E-state index contributed by atoms with van der Waals surface area (Å²) in [5.41, 5.74) is 0.654. The average molecular weight is 438 g/mol. The molecule has 1 saturated heterocycles. The second-order valence-corrected chi connectivity index (χ2v) is 8.48. The Balaban J connectivity index is 0.000000290. The second kappa shape index (κ2) is 9.45. The number of carboxylic acids is 1. The molecule has 0 unspecified atom stereocenters. The predicted octanol–water partition coefficient (Wildman–Crippen LogP) is 4.24. The molecule has 1 heterocycles. The van der Waals surface area contributed by atoms with E-state index in [2.05, 4.69) is 5.32 Å². The number of thioether (sulfide) groups is 1. The van der Waals surface area contributed by atoms with Gasteiger partial charge in [0.05, 0.1) is 21.8 Å². The number of hydrogen-bond acceptors (Lipinski definition) is 6. The third-order valence-corrected chi connectivity index (χ3v) is 6.11. The van der Waals surface area contributed by atoms with Gasteiger partial charge in [0, 0.05) is 0 Å². The Morgan fingerprint density at radius 1 is 1.14 bits per heavy atom. The normalized spacial score (nSPS) is 20.2. The first-order chi connectivity index (χ1) is 13.8. The highest BCUT2D eigenvalue weighted by atomic mass is 35.5. The number of nitrogens with one attached hydrogen (secondary N) is 1. The van der Waals surface area contributed by atoms with Crippen LogP contribution in [0.3, 0.4) is 0 Å². The number of hydrogen-bond donors (Lipinski definition) is 2. The van der Waals surface area contributed by atoms with Gasteiger partial charge in [0.25, 0.3) is 11.1 Å². The van der Waals surface area contributed by atoms with Crippen molar-refractivity contribution in [1.82, 2.24) is 5.32 Å². The molecule has 9 heteroatoms. The van der Waals surface area contributed by atoms with Crippen LogP contribution in [-0.4, -0.2) is 28.2 Å². The lowest BCUT2D eigenvalue weighted by Gasteiger charge is -2.23. The maximum atomic E-state index is 11.8. The maximum absolute atomic E-state index is 11.8. The van der Waals surface area contributed by atoms with Crippen molar-refractivity contribution < 1.29 is 29.0 Å². The van der Waals surface area contributed by atoms with E-state index in [1.54, 1.807) is 24.3 Å². The summed E-state index contributed by atoms with van der Waals surface area (Å²) >= 11 is 6.95. The van der Waals surface area contributed by atoms with Crippen LogP contribution in [-0.2, 0) is 14.4 Å². The molecule has 2 N–H and O–H groups in total. The number of benzene rings is 1. The third kappa shape index (κ3) is 5.61. The summed E-state index contributed by atoms with van der Waals surface area (Å²) in [6.45, 7) is 0. The van der Waals surface area contributed by atoms with Crippen LogP contribution >= 0.6 is 23.4 Å². The van der Waals surface area contributed by atoms with Crippen molar-refractivity contribution in [3.63, 3.8) is 0 Å². The zero-order valence-corrected chi connectivity index (χ0v) is 17.1. The molecular formula is C20H20ClNO6S. The highest BCUT2D eigenvalue weighted by Gasteiger charge is 2.28. The molecule has 0 radical (unpaired) electrons. The van der Waals surface area contributed by atoms with Crippen molar-refractivity contribution in [2.24, 2.45) is 11.8 Å². The molecule has 1 aliphatic heterocycles. The van der Waals surface area contributed by atoms with Crippen molar-refractivity contribution in [2.45, 2.75) is 38.5 Å². The Kier molecular flexibility index (Phi) is 6.97. The lowest BCUT2D eigenvalue weighted by molar-refractivity contribution is -0.144. The fourth-order valence-corrected chi connectivity index (χ4v) is 3.66. The van der Waals surface area contributed by atoms with E-state index in [0.717, 1.165) is 50.3 Å². The van der Waals surface area contributed by atoms with Crippen molar-refractivity contribution in [1.29, 1.82) is 0 Å². The first kappa shape index (κ1) is 21.4. The van der Waals surface area contributed by atoms with Crippen molar-refractivity contribution in [2.75, 3.05) is 0 Å². The first-order valence-electron chi connectivity index (χ1n) is 9.32. The molecule has 0 spiro atoms. The molecule has 3 fully saturated rings. The number of carbonyl (C=O) groups excluding carboxylic acids is 3. The Morgan fingerprint density at radius 2 is 1.79 bits per heavy atom. The monoisotopic (exact) mass is 437 g/mol. The van der Waals surface area contributed by atoms with Gasteiger partial charge in [0.2, 0.25) is 0 Å². The molecule has 0 atom stereocenters. The number of carboxylic acid groups (broad SMARTS) is 1. The molecule has 2 amide bonds. The number of carbonyl (C=O) groups is 4. The highest BCUT2D eigenvalue weighted by Crippen LogP contribution is 2.32. The van der Waals surface area contributed by atoms with E-state index >= 15 is 0 Å². The van der Waals surface area contributed by atoms with Gasteiger partial charge < -0.3 is 9.84 Å². The van der Waals surface area contributed by atoms with E-state index in [1.807, 2.05) is 0 Å². The molecule has 0 bridgehead atoms.